The minimum Gasteiger partial charge on any atom is -0.336 e. The molecule has 1 aromatic carbocycles. The Morgan fingerprint density at radius 2 is 1.92 bits per heavy atom. The van der Waals surface area contributed by atoms with Crippen molar-refractivity contribution >= 4 is 5.91 Å². The highest BCUT2D eigenvalue weighted by molar-refractivity contribution is 5.82. The van der Waals surface area contributed by atoms with E-state index in [0.717, 1.165) is 22.6 Å². The molecule has 0 saturated heterocycles. The van der Waals surface area contributed by atoms with Crippen molar-refractivity contribution in [3.8, 4) is 11.4 Å². The number of carbonyl (C=O) groups excluding carboxylic acids is 1. The maximum Gasteiger partial charge on any atom is 0.246 e. The molecule has 128 valence electrons. The van der Waals surface area contributed by atoms with Crippen LogP contribution in [0.15, 0.2) is 36.5 Å². The standard InChI is InChI=1S/C18H20N6O/c1-12-14(10-19-23(12)3)17-21-20-16-11-22(2)18(25)15(24(16)17)9-13-7-5-4-6-8-13/h4-8,10,15H,9,11H2,1-3H3/t15-/m0/s1. The molecule has 0 spiro atoms. The van der Waals surface area contributed by atoms with E-state index in [4.69, 9.17) is 0 Å². The van der Waals surface area contributed by atoms with Crippen LogP contribution in [-0.4, -0.2) is 42.4 Å². The van der Waals surface area contributed by atoms with Crippen LogP contribution in [0, 0.1) is 6.92 Å². The zero-order chi connectivity index (χ0) is 17.6. The monoisotopic (exact) mass is 336 g/mol. The number of benzene rings is 1. The lowest BCUT2D eigenvalue weighted by molar-refractivity contribution is -0.135. The molecule has 1 aliphatic rings. The Kier molecular flexibility index (Phi) is 3.63. The van der Waals surface area contributed by atoms with Gasteiger partial charge >= 0.3 is 0 Å². The molecule has 7 heteroatoms. The van der Waals surface area contributed by atoms with Crippen LogP contribution in [0.3, 0.4) is 0 Å². The Bertz CT molecular complexity index is 926. The van der Waals surface area contributed by atoms with Crippen molar-refractivity contribution in [2.24, 2.45) is 7.05 Å². The molecular weight excluding hydrogens is 316 g/mol. The molecule has 3 heterocycles. The molecule has 0 aliphatic carbocycles. The van der Waals surface area contributed by atoms with Gasteiger partial charge in [0.15, 0.2) is 11.6 Å². The number of hydrogen-bond acceptors (Lipinski definition) is 4. The van der Waals surface area contributed by atoms with Crippen molar-refractivity contribution in [3.63, 3.8) is 0 Å². The molecule has 2 aromatic heterocycles. The summed E-state index contributed by atoms with van der Waals surface area (Å²) in [4.78, 5) is 14.6. The highest BCUT2D eigenvalue weighted by Gasteiger charge is 2.35. The molecule has 0 saturated carbocycles. The van der Waals surface area contributed by atoms with Gasteiger partial charge in [-0.05, 0) is 12.5 Å². The summed E-state index contributed by atoms with van der Waals surface area (Å²) in [5.74, 6) is 1.60. The summed E-state index contributed by atoms with van der Waals surface area (Å²) in [6.07, 6.45) is 2.40. The van der Waals surface area contributed by atoms with E-state index < -0.39 is 0 Å². The summed E-state index contributed by atoms with van der Waals surface area (Å²) in [6.45, 7) is 2.46. The first-order chi connectivity index (χ1) is 12.1. The van der Waals surface area contributed by atoms with E-state index in [9.17, 15) is 4.79 Å². The van der Waals surface area contributed by atoms with E-state index >= 15 is 0 Å². The van der Waals surface area contributed by atoms with Gasteiger partial charge in [-0.2, -0.15) is 5.10 Å². The van der Waals surface area contributed by atoms with Crippen molar-refractivity contribution in [3.05, 3.63) is 53.6 Å². The van der Waals surface area contributed by atoms with Gasteiger partial charge in [-0.3, -0.25) is 14.0 Å². The number of fused-ring (bicyclic) bond motifs is 1. The quantitative estimate of drug-likeness (QED) is 0.731. The molecule has 3 aromatic rings. The van der Waals surface area contributed by atoms with Crippen LogP contribution in [0.1, 0.15) is 23.1 Å². The Balaban J connectivity index is 1.82. The fourth-order valence-corrected chi connectivity index (χ4v) is 3.33. The normalized spacial score (nSPS) is 17.0. The SMILES string of the molecule is Cc1c(-c2nnc3n2[C@@H](Cc2ccccc2)C(=O)N(C)C3)cnn1C. The molecule has 1 amide bonds. The number of amides is 1. The summed E-state index contributed by atoms with van der Waals surface area (Å²) < 4.78 is 3.79. The van der Waals surface area contributed by atoms with Crippen LogP contribution in [0.4, 0.5) is 0 Å². The zero-order valence-corrected chi connectivity index (χ0v) is 14.5. The van der Waals surface area contributed by atoms with Crippen LogP contribution in [0.25, 0.3) is 11.4 Å². The molecule has 4 rings (SSSR count). The average Bonchev–Trinajstić information content (AvgIpc) is 3.16. The van der Waals surface area contributed by atoms with E-state index in [1.807, 2.05) is 55.9 Å². The molecule has 0 unspecified atom stereocenters. The highest BCUT2D eigenvalue weighted by atomic mass is 16.2. The molecule has 1 aliphatic heterocycles. The molecule has 1 atom stereocenters. The van der Waals surface area contributed by atoms with Crippen LogP contribution in [-0.2, 0) is 24.8 Å². The number of carbonyl (C=O) groups is 1. The van der Waals surface area contributed by atoms with Gasteiger partial charge in [0.25, 0.3) is 0 Å². The lowest BCUT2D eigenvalue weighted by Crippen LogP contribution is -2.41. The first kappa shape index (κ1) is 15.6. The lowest BCUT2D eigenvalue weighted by atomic mass is 10.0. The van der Waals surface area contributed by atoms with Gasteiger partial charge in [0, 0.05) is 26.2 Å². The number of aromatic nitrogens is 5. The van der Waals surface area contributed by atoms with Crippen molar-refractivity contribution in [1.82, 2.24) is 29.4 Å². The second-order valence-electron chi connectivity index (χ2n) is 6.48. The number of likely N-dealkylation sites (N-methyl/N-ethyl adjacent to an activating group) is 1. The number of nitrogens with zero attached hydrogens (tertiary/aromatic N) is 6. The summed E-state index contributed by atoms with van der Waals surface area (Å²) in [6, 6.07) is 9.70. The Morgan fingerprint density at radius 1 is 1.16 bits per heavy atom. The Labute approximate surface area is 145 Å². The van der Waals surface area contributed by atoms with Crippen molar-refractivity contribution < 1.29 is 4.79 Å². The third-order valence-electron chi connectivity index (χ3n) is 4.87. The Hall–Kier alpha value is -2.96. The third kappa shape index (κ3) is 2.52. The van der Waals surface area contributed by atoms with Crippen molar-refractivity contribution in [2.45, 2.75) is 25.9 Å². The van der Waals surface area contributed by atoms with Crippen molar-refractivity contribution in [1.29, 1.82) is 0 Å². The summed E-state index contributed by atoms with van der Waals surface area (Å²) in [5, 5.41) is 13.0. The molecule has 0 N–H and O–H groups in total. The predicted molar refractivity (Wildman–Crippen MR) is 92.6 cm³/mol. The maximum atomic E-state index is 12.9. The first-order valence-corrected chi connectivity index (χ1v) is 8.28. The summed E-state index contributed by atoms with van der Waals surface area (Å²) in [7, 11) is 3.71. The van der Waals surface area contributed by atoms with E-state index in [2.05, 4.69) is 15.3 Å². The van der Waals surface area contributed by atoms with Crippen LogP contribution < -0.4 is 0 Å². The van der Waals surface area contributed by atoms with Gasteiger partial charge in [-0.15, -0.1) is 10.2 Å². The second-order valence-corrected chi connectivity index (χ2v) is 6.48. The number of hydrogen-bond donors (Lipinski definition) is 0. The molecular formula is C18H20N6O. The Morgan fingerprint density at radius 3 is 2.60 bits per heavy atom. The summed E-state index contributed by atoms with van der Waals surface area (Å²) in [5.41, 5.74) is 3.03. The topological polar surface area (TPSA) is 68.8 Å². The smallest absolute Gasteiger partial charge is 0.246 e. The van der Waals surface area contributed by atoms with Crippen LogP contribution >= 0.6 is 0 Å². The van der Waals surface area contributed by atoms with E-state index in [1.165, 1.54) is 0 Å². The third-order valence-corrected chi connectivity index (χ3v) is 4.87. The minimum absolute atomic E-state index is 0.0824. The lowest BCUT2D eigenvalue weighted by Gasteiger charge is -2.31. The molecule has 0 radical (unpaired) electrons. The zero-order valence-electron chi connectivity index (χ0n) is 14.5. The van der Waals surface area contributed by atoms with Gasteiger partial charge in [-0.1, -0.05) is 30.3 Å². The van der Waals surface area contributed by atoms with E-state index in [-0.39, 0.29) is 11.9 Å². The molecule has 7 nitrogen and oxygen atoms in total. The maximum absolute atomic E-state index is 12.9. The average molecular weight is 336 g/mol. The van der Waals surface area contributed by atoms with Gasteiger partial charge in [0.2, 0.25) is 5.91 Å². The van der Waals surface area contributed by atoms with Gasteiger partial charge in [-0.25, -0.2) is 0 Å². The molecule has 0 fully saturated rings. The second kappa shape index (κ2) is 5.84. The van der Waals surface area contributed by atoms with Crippen molar-refractivity contribution in [2.75, 3.05) is 7.05 Å². The fraction of sp³-hybridized carbons (Fsp3) is 0.333. The van der Waals surface area contributed by atoms with Crippen LogP contribution in [0.2, 0.25) is 0 Å². The fourth-order valence-electron chi connectivity index (χ4n) is 3.33. The van der Waals surface area contributed by atoms with Gasteiger partial charge in [0.05, 0.1) is 18.3 Å². The predicted octanol–water partition coefficient (Wildman–Crippen LogP) is 1.74. The van der Waals surface area contributed by atoms with Gasteiger partial charge in [0.1, 0.15) is 6.04 Å². The summed E-state index contributed by atoms with van der Waals surface area (Å²) >= 11 is 0. The van der Waals surface area contributed by atoms with Gasteiger partial charge < -0.3 is 4.90 Å². The highest BCUT2D eigenvalue weighted by Crippen LogP contribution is 2.31. The largest absolute Gasteiger partial charge is 0.336 e. The van der Waals surface area contributed by atoms with E-state index in [0.29, 0.717) is 18.8 Å². The minimum atomic E-state index is -0.347. The molecule has 25 heavy (non-hydrogen) atoms. The molecule has 0 bridgehead atoms. The number of rotatable bonds is 3. The van der Waals surface area contributed by atoms with Crippen LogP contribution in [0.5, 0.6) is 0 Å². The first-order valence-electron chi connectivity index (χ1n) is 8.28. The number of aryl methyl sites for hydroxylation is 1. The van der Waals surface area contributed by atoms with E-state index in [1.54, 1.807) is 15.8 Å².